The summed E-state index contributed by atoms with van der Waals surface area (Å²) in [5, 5.41) is 5.93. The standard InChI is InChI=1S/C14H20FN3O/c1-10(19)17-13-3-4-18(9-13)14-6-11(8-16-2)5-12(15)7-14/h5-7,13,16H,3-4,8-9H2,1-2H3,(H,17,19). The van der Waals surface area contributed by atoms with Gasteiger partial charge in [-0.3, -0.25) is 4.79 Å². The molecule has 2 N–H and O–H groups in total. The lowest BCUT2D eigenvalue weighted by atomic mass is 10.2. The highest BCUT2D eigenvalue weighted by molar-refractivity contribution is 5.73. The summed E-state index contributed by atoms with van der Waals surface area (Å²) in [7, 11) is 1.84. The van der Waals surface area contributed by atoms with Gasteiger partial charge in [0.05, 0.1) is 0 Å². The van der Waals surface area contributed by atoms with Gasteiger partial charge in [-0.15, -0.1) is 0 Å². The van der Waals surface area contributed by atoms with Crippen LogP contribution < -0.4 is 15.5 Å². The zero-order valence-electron chi connectivity index (χ0n) is 11.4. The second-order valence-electron chi connectivity index (χ2n) is 4.98. The lowest BCUT2D eigenvalue weighted by Crippen LogP contribution is -2.35. The van der Waals surface area contributed by atoms with Gasteiger partial charge in [0.25, 0.3) is 0 Å². The molecule has 104 valence electrons. The van der Waals surface area contributed by atoms with E-state index in [1.165, 1.54) is 6.92 Å². The van der Waals surface area contributed by atoms with Gasteiger partial charge in [0.1, 0.15) is 5.82 Å². The van der Waals surface area contributed by atoms with Crippen molar-refractivity contribution in [2.45, 2.75) is 25.9 Å². The summed E-state index contributed by atoms with van der Waals surface area (Å²) >= 11 is 0. The van der Waals surface area contributed by atoms with E-state index in [9.17, 15) is 9.18 Å². The Balaban J connectivity index is 2.08. The fourth-order valence-corrected chi connectivity index (χ4v) is 2.52. The molecular formula is C14H20FN3O. The summed E-state index contributed by atoms with van der Waals surface area (Å²) in [6, 6.07) is 5.25. The van der Waals surface area contributed by atoms with Crippen molar-refractivity contribution >= 4 is 11.6 Å². The maximum Gasteiger partial charge on any atom is 0.217 e. The van der Waals surface area contributed by atoms with Crippen molar-refractivity contribution in [3.63, 3.8) is 0 Å². The maximum atomic E-state index is 13.6. The van der Waals surface area contributed by atoms with Crippen LogP contribution in [0.5, 0.6) is 0 Å². The maximum absolute atomic E-state index is 13.6. The summed E-state index contributed by atoms with van der Waals surface area (Å²) in [4.78, 5) is 13.2. The lowest BCUT2D eigenvalue weighted by molar-refractivity contribution is -0.119. The Kier molecular flexibility index (Phi) is 4.37. The van der Waals surface area contributed by atoms with E-state index in [4.69, 9.17) is 0 Å². The number of hydrogen-bond donors (Lipinski definition) is 2. The van der Waals surface area contributed by atoms with Crippen LogP contribution in [0.3, 0.4) is 0 Å². The van der Waals surface area contributed by atoms with Gasteiger partial charge in [-0.1, -0.05) is 0 Å². The fourth-order valence-electron chi connectivity index (χ4n) is 2.52. The molecule has 1 atom stereocenters. The molecule has 0 aliphatic carbocycles. The molecule has 5 heteroatoms. The monoisotopic (exact) mass is 265 g/mol. The number of nitrogens with zero attached hydrogens (tertiary/aromatic N) is 1. The van der Waals surface area contributed by atoms with Crippen LogP contribution in [0.2, 0.25) is 0 Å². The largest absolute Gasteiger partial charge is 0.369 e. The quantitative estimate of drug-likeness (QED) is 0.861. The molecule has 1 aliphatic heterocycles. The zero-order valence-corrected chi connectivity index (χ0v) is 11.4. The van der Waals surface area contributed by atoms with Crippen molar-refractivity contribution < 1.29 is 9.18 Å². The van der Waals surface area contributed by atoms with Crippen LogP contribution in [0.25, 0.3) is 0 Å². The smallest absolute Gasteiger partial charge is 0.217 e. The van der Waals surface area contributed by atoms with Gasteiger partial charge in [-0.05, 0) is 37.2 Å². The number of carbonyl (C=O) groups is 1. The van der Waals surface area contributed by atoms with Crippen LogP contribution in [-0.4, -0.2) is 32.1 Å². The number of halogens is 1. The van der Waals surface area contributed by atoms with Crippen LogP contribution in [0.1, 0.15) is 18.9 Å². The van der Waals surface area contributed by atoms with Crippen molar-refractivity contribution in [2.75, 3.05) is 25.0 Å². The lowest BCUT2D eigenvalue weighted by Gasteiger charge is -2.20. The first-order chi connectivity index (χ1) is 9.08. The SMILES string of the molecule is CNCc1cc(F)cc(N2CCC(NC(C)=O)C2)c1. The molecule has 1 amide bonds. The van der Waals surface area contributed by atoms with Gasteiger partial charge in [-0.25, -0.2) is 4.39 Å². The molecule has 0 bridgehead atoms. The van der Waals surface area contributed by atoms with Crippen LogP contribution in [0.4, 0.5) is 10.1 Å². The summed E-state index contributed by atoms with van der Waals surface area (Å²) in [6.07, 6.45) is 0.900. The molecule has 1 saturated heterocycles. The van der Waals surface area contributed by atoms with E-state index in [1.54, 1.807) is 12.1 Å². The van der Waals surface area contributed by atoms with E-state index in [1.807, 2.05) is 13.1 Å². The Hall–Kier alpha value is -1.62. The van der Waals surface area contributed by atoms with Crippen molar-refractivity contribution in [3.8, 4) is 0 Å². The predicted octanol–water partition coefficient (Wildman–Crippen LogP) is 1.26. The first-order valence-corrected chi connectivity index (χ1v) is 6.54. The zero-order chi connectivity index (χ0) is 13.8. The van der Waals surface area contributed by atoms with Gasteiger partial charge < -0.3 is 15.5 Å². The van der Waals surface area contributed by atoms with E-state index in [2.05, 4.69) is 15.5 Å². The highest BCUT2D eigenvalue weighted by Gasteiger charge is 2.23. The van der Waals surface area contributed by atoms with Crippen LogP contribution in [0, 0.1) is 5.82 Å². The Labute approximate surface area is 113 Å². The molecule has 1 unspecified atom stereocenters. The minimum atomic E-state index is -0.217. The Morgan fingerprint density at radius 1 is 1.47 bits per heavy atom. The molecule has 2 rings (SSSR count). The molecule has 0 radical (unpaired) electrons. The molecule has 4 nitrogen and oxygen atoms in total. The first-order valence-electron chi connectivity index (χ1n) is 6.54. The molecule has 1 aromatic carbocycles. The average Bonchev–Trinajstić information content (AvgIpc) is 2.76. The number of hydrogen-bond acceptors (Lipinski definition) is 3. The van der Waals surface area contributed by atoms with Crippen LogP contribution >= 0.6 is 0 Å². The van der Waals surface area contributed by atoms with Gasteiger partial charge in [-0.2, -0.15) is 0 Å². The minimum absolute atomic E-state index is 0.0121. The third-order valence-corrected chi connectivity index (χ3v) is 3.28. The normalized spacial score (nSPS) is 18.7. The van der Waals surface area contributed by atoms with Crippen LogP contribution in [-0.2, 0) is 11.3 Å². The molecule has 1 aromatic rings. The Bertz CT molecular complexity index is 464. The third kappa shape index (κ3) is 3.67. The topological polar surface area (TPSA) is 44.4 Å². The molecule has 0 spiro atoms. The summed E-state index contributed by atoms with van der Waals surface area (Å²) in [5.74, 6) is -0.229. The number of benzene rings is 1. The van der Waals surface area contributed by atoms with Gasteiger partial charge in [0, 0.05) is 38.3 Å². The second kappa shape index (κ2) is 6.02. The summed E-state index contributed by atoms with van der Waals surface area (Å²) in [6.45, 7) is 3.75. The third-order valence-electron chi connectivity index (χ3n) is 3.28. The second-order valence-corrected chi connectivity index (χ2v) is 4.98. The Morgan fingerprint density at radius 2 is 2.26 bits per heavy atom. The van der Waals surface area contributed by atoms with Crippen molar-refractivity contribution in [3.05, 3.63) is 29.6 Å². The Morgan fingerprint density at radius 3 is 2.95 bits per heavy atom. The highest BCUT2D eigenvalue weighted by atomic mass is 19.1. The van der Waals surface area contributed by atoms with Crippen molar-refractivity contribution in [2.24, 2.45) is 0 Å². The predicted molar refractivity (Wildman–Crippen MR) is 73.6 cm³/mol. The number of anilines is 1. The molecular weight excluding hydrogens is 245 g/mol. The number of nitrogens with one attached hydrogen (secondary N) is 2. The molecule has 1 fully saturated rings. The minimum Gasteiger partial charge on any atom is -0.369 e. The van der Waals surface area contributed by atoms with Gasteiger partial charge >= 0.3 is 0 Å². The van der Waals surface area contributed by atoms with E-state index in [0.29, 0.717) is 6.54 Å². The van der Waals surface area contributed by atoms with E-state index in [-0.39, 0.29) is 17.8 Å². The molecule has 0 saturated carbocycles. The van der Waals surface area contributed by atoms with Gasteiger partial charge in [0.2, 0.25) is 5.91 Å². The summed E-state index contributed by atoms with van der Waals surface area (Å²) < 4.78 is 13.6. The molecule has 1 aliphatic rings. The van der Waals surface area contributed by atoms with Crippen molar-refractivity contribution in [1.82, 2.24) is 10.6 Å². The van der Waals surface area contributed by atoms with E-state index < -0.39 is 0 Å². The molecule has 0 aromatic heterocycles. The highest BCUT2D eigenvalue weighted by Crippen LogP contribution is 2.23. The van der Waals surface area contributed by atoms with Crippen molar-refractivity contribution in [1.29, 1.82) is 0 Å². The summed E-state index contributed by atoms with van der Waals surface area (Å²) in [5.41, 5.74) is 1.82. The number of rotatable bonds is 4. The van der Waals surface area contributed by atoms with Crippen LogP contribution in [0.15, 0.2) is 18.2 Å². The average molecular weight is 265 g/mol. The van der Waals surface area contributed by atoms with E-state index in [0.717, 1.165) is 30.8 Å². The van der Waals surface area contributed by atoms with E-state index >= 15 is 0 Å². The fraction of sp³-hybridized carbons (Fsp3) is 0.500. The first kappa shape index (κ1) is 13.8. The number of carbonyl (C=O) groups excluding carboxylic acids is 1. The van der Waals surface area contributed by atoms with Gasteiger partial charge in [0.15, 0.2) is 0 Å². The molecule has 19 heavy (non-hydrogen) atoms. The number of amides is 1. The molecule has 1 heterocycles.